The smallest absolute Gasteiger partial charge is 0.145 e. The topological polar surface area (TPSA) is 53.1 Å². The van der Waals surface area contributed by atoms with Crippen LogP contribution in [-0.2, 0) is 11.3 Å². The first-order valence-electron chi connectivity index (χ1n) is 7.34. The Labute approximate surface area is 115 Å². The van der Waals surface area contributed by atoms with Crippen molar-refractivity contribution in [1.82, 2.24) is 9.78 Å². The van der Waals surface area contributed by atoms with E-state index >= 15 is 0 Å². The third-order valence-electron chi connectivity index (χ3n) is 6.01. The van der Waals surface area contributed by atoms with E-state index in [1.807, 2.05) is 16.9 Å². The monoisotopic (exact) mass is 263 g/mol. The van der Waals surface area contributed by atoms with Crippen molar-refractivity contribution >= 4 is 5.82 Å². The summed E-state index contributed by atoms with van der Waals surface area (Å²) in [6.07, 6.45) is 6.23. The van der Waals surface area contributed by atoms with E-state index in [1.54, 1.807) is 0 Å². The van der Waals surface area contributed by atoms with Crippen LogP contribution in [0.4, 0.5) is 5.82 Å². The van der Waals surface area contributed by atoms with Crippen LogP contribution in [0.5, 0.6) is 0 Å². The minimum Gasteiger partial charge on any atom is -0.382 e. The molecule has 106 valence electrons. The molecule has 1 heterocycles. The molecule has 1 aromatic rings. The molecule has 3 rings (SSSR count). The quantitative estimate of drug-likeness (QED) is 0.908. The maximum Gasteiger partial charge on any atom is 0.145 e. The number of nitrogens with two attached hydrogens (primary N) is 1. The fourth-order valence-electron chi connectivity index (χ4n) is 4.17. The number of ether oxygens (including phenoxy) is 1. The van der Waals surface area contributed by atoms with E-state index in [4.69, 9.17) is 10.5 Å². The van der Waals surface area contributed by atoms with Gasteiger partial charge in [0.2, 0.25) is 0 Å². The van der Waals surface area contributed by atoms with Gasteiger partial charge in [-0.05, 0) is 42.1 Å². The lowest BCUT2D eigenvalue weighted by Gasteiger charge is -2.38. The third kappa shape index (κ3) is 1.88. The van der Waals surface area contributed by atoms with Crippen LogP contribution in [0.3, 0.4) is 0 Å². The molecular weight excluding hydrogens is 238 g/mol. The number of fused-ring (bicyclic) bond motifs is 2. The fraction of sp³-hybridized carbons (Fsp3) is 0.800. The first-order valence-corrected chi connectivity index (χ1v) is 7.34. The summed E-state index contributed by atoms with van der Waals surface area (Å²) in [4.78, 5) is 0. The highest BCUT2D eigenvalue weighted by Crippen LogP contribution is 2.66. The highest BCUT2D eigenvalue weighted by Gasteiger charge is 2.61. The highest BCUT2D eigenvalue weighted by molar-refractivity contribution is 5.23. The molecule has 0 spiro atoms. The molecule has 3 atom stereocenters. The lowest BCUT2D eigenvalue weighted by atomic mass is 9.70. The number of hydrogen-bond donors (Lipinski definition) is 1. The molecule has 3 unspecified atom stereocenters. The molecule has 2 aliphatic rings. The Kier molecular flexibility index (Phi) is 2.89. The van der Waals surface area contributed by atoms with Gasteiger partial charge in [0.1, 0.15) is 5.82 Å². The van der Waals surface area contributed by atoms with Crippen molar-refractivity contribution in [2.75, 3.05) is 12.3 Å². The summed E-state index contributed by atoms with van der Waals surface area (Å²) < 4.78 is 8.04. The highest BCUT2D eigenvalue weighted by atomic mass is 16.5. The van der Waals surface area contributed by atoms with E-state index in [-0.39, 0.29) is 0 Å². The number of rotatable bonds is 4. The molecule has 0 amide bonds. The Balaban J connectivity index is 1.57. The summed E-state index contributed by atoms with van der Waals surface area (Å²) in [6.45, 7) is 8.76. The van der Waals surface area contributed by atoms with Gasteiger partial charge < -0.3 is 10.5 Å². The Hall–Kier alpha value is -1.03. The van der Waals surface area contributed by atoms with Gasteiger partial charge in [0.25, 0.3) is 0 Å². The molecule has 1 aromatic heterocycles. The predicted octanol–water partition coefficient (Wildman–Crippen LogP) is 2.70. The first-order chi connectivity index (χ1) is 8.93. The molecule has 2 fully saturated rings. The summed E-state index contributed by atoms with van der Waals surface area (Å²) in [5, 5.41) is 4.18. The Bertz CT molecular complexity index is 468. The van der Waals surface area contributed by atoms with Gasteiger partial charge in [-0.15, -0.1) is 0 Å². The standard InChI is InChI=1S/C15H25N3O/c1-14(2)11-4-6-15(14,3)12(10-11)19-9-8-18-7-5-13(16)17-18/h5,7,11-12H,4,6,8-10H2,1-3H3,(H2,16,17). The van der Waals surface area contributed by atoms with Crippen molar-refractivity contribution in [3.63, 3.8) is 0 Å². The van der Waals surface area contributed by atoms with E-state index in [2.05, 4.69) is 25.9 Å². The van der Waals surface area contributed by atoms with E-state index in [1.165, 1.54) is 19.3 Å². The van der Waals surface area contributed by atoms with Crippen molar-refractivity contribution < 1.29 is 4.74 Å². The second kappa shape index (κ2) is 4.23. The van der Waals surface area contributed by atoms with E-state index in [0.717, 1.165) is 19.1 Å². The Morgan fingerprint density at radius 3 is 2.79 bits per heavy atom. The van der Waals surface area contributed by atoms with Gasteiger partial charge in [-0.2, -0.15) is 5.10 Å². The molecule has 4 heteroatoms. The van der Waals surface area contributed by atoms with Crippen LogP contribution in [0.25, 0.3) is 0 Å². The van der Waals surface area contributed by atoms with E-state index in [9.17, 15) is 0 Å². The molecule has 2 N–H and O–H groups in total. The summed E-state index contributed by atoms with van der Waals surface area (Å²) in [5.41, 5.74) is 6.38. The molecular formula is C15H25N3O. The molecule has 0 radical (unpaired) electrons. The molecule has 19 heavy (non-hydrogen) atoms. The maximum absolute atomic E-state index is 6.19. The van der Waals surface area contributed by atoms with Crippen LogP contribution in [0.15, 0.2) is 12.3 Å². The summed E-state index contributed by atoms with van der Waals surface area (Å²) in [5.74, 6) is 1.41. The van der Waals surface area contributed by atoms with E-state index < -0.39 is 0 Å². The molecule has 0 aliphatic heterocycles. The average molecular weight is 263 g/mol. The lowest BCUT2D eigenvalue weighted by molar-refractivity contribution is -0.0494. The van der Waals surface area contributed by atoms with E-state index in [0.29, 0.717) is 22.8 Å². The largest absolute Gasteiger partial charge is 0.382 e. The van der Waals surface area contributed by atoms with Crippen LogP contribution >= 0.6 is 0 Å². The second-order valence-electron chi connectivity index (χ2n) is 6.97. The average Bonchev–Trinajstić information content (AvgIpc) is 2.90. The van der Waals surface area contributed by atoms with Gasteiger partial charge in [-0.25, -0.2) is 0 Å². The number of nitrogen functional groups attached to an aromatic ring is 1. The minimum atomic E-state index is 0.348. The molecule has 2 saturated carbocycles. The number of anilines is 1. The van der Waals surface area contributed by atoms with Crippen LogP contribution in [0.2, 0.25) is 0 Å². The summed E-state index contributed by atoms with van der Waals surface area (Å²) in [7, 11) is 0. The van der Waals surface area contributed by atoms with Crippen molar-refractivity contribution in [3.8, 4) is 0 Å². The van der Waals surface area contributed by atoms with Crippen LogP contribution in [0, 0.1) is 16.7 Å². The van der Waals surface area contributed by atoms with Crippen molar-refractivity contribution in [3.05, 3.63) is 12.3 Å². The minimum absolute atomic E-state index is 0.348. The van der Waals surface area contributed by atoms with Gasteiger partial charge in [-0.1, -0.05) is 20.8 Å². The van der Waals surface area contributed by atoms with Crippen LogP contribution in [0.1, 0.15) is 40.0 Å². The zero-order valence-corrected chi connectivity index (χ0v) is 12.2. The van der Waals surface area contributed by atoms with Gasteiger partial charge in [0.05, 0.1) is 19.3 Å². The van der Waals surface area contributed by atoms with Crippen molar-refractivity contribution in [2.24, 2.45) is 16.7 Å². The molecule has 2 bridgehead atoms. The normalized spacial score (nSPS) is 35.9. The summed E-state index contributed by atoms with van der Waals surface area (Å²) in [6, 6.07) is 1.82. The fourth-order valence-corrected chi connectivity index (χ4v) is 4.17. The van der Waals surface area contributed by atoms with Gasteiger partial charge >= 0.3 is 0 Å². The zero-order chi connectivity index (χ0) is 13.7. The number of nitrogens with zero attached hydrogens (tertiary/aromatic N) is 2. The Morgan fingerprint density at radius 1 is 1.47 bits per heavy atom. The van der Waals surface area contributed by atoms with Crippen LogP contribution in [-0.4, -0.2) is 22.5 Å². The molecule has 0 saturated heterocycles. The van der Waals surface area contributed by atoms with Crippen LogP contribution < -0.4 is 5.73 Å². The SMILES string of the molecule is CC1(C)C2CCC1(C)C(OCCn1ccc(N)n1)C2. The number of hydrogen-bond acceptors (Lipinski definition) is 3. The first kappa shape index (κ1) is 13.0. The predicted molar refractivity (Wildman–Crippen MR) is 75.6 cm³/mol. The second-order valence-corrected chi connectivity index (χ2v) is 6.97. The number of aromatic nitrogens is 2. The van der Waals surface area contributed by atoms with Crippen molar-refractivity contribution in [1.29, 1.82) is 0 Å². The lowest BCUT2D eigenvalue weighted by Crippen LogP contribution is -2.37. The summed E-state index contributed by atoms with van der Waals surface area (Å²) >= 11 is 0. The Morgan fingerprint density at radius 2 is 2.26 bits per heavy atom. The maximum atomic E-state index is 6.19. The molecule has 2 aliphatic carbocycles. The van der Waals surface area contributed by atoms with Crippen molar-refractivity contribution in [2.45, 2.75) is 52.7 Å². The molecule has 4 nitrogen and oxygen atoms in total. The zero-order valence-electron chi connectivity index (χ0n) is 12.2. The molecule has 0 aromatic carbocycles. The van der Waals surface area contributed by atoms with Gasteiger partial charge in [-0.3, -0.25) is 4.68 Å². The van der Waals surface area contributed by atoms with Gasteiger partial charge in [0.15, 0.2) is 0 Å². The van der Waals surface area contributed by atoms with Gasteiger partial charge in [0, 0.05) is 6.20 Å². The third-order valence-corrected chi connectivity index (χ3v) is 6.01.